The van der Waals surface area contributed by atoms with Crippen LogP contribution in [-0.4, -0.2) is 46.0 Å². The Hall–Kier alpha value is -1.90. The van der Waals surface area contributed by atoms with Crippen molar-refractivity contribution in [2.24, 2.45) is 0 Å². The Morgan fingerprint density at radius 2 is 1.90 bits per heavy atom. The number of halogens is 4. The first kappa shape index (κ1) is 21.8. The molecule has 0 unspecified atom stereocenters. The van der Waals surface area contributed by atoms with Gasteiger partial charge in [0.05, 0.1) is 10.7 Å². The molecule has 158 valence electrons. The molecule has 0 spiro atoms. The van der Waals surface area contributed by atoms with E-state index >= 15 is 0 Å². The molecule has 0 amide bonds. The molecular formula is C20H24ClF3N4O. The van der Waals surface area contributed by atoms with Gasteiger partial charge in [-0.2, -0.15) is 13.2 Å². The number of nitrogens with one attached hydrogen (secondary N) is 2. The summed E-state index contributed by atoms with van der Waals surface area (Å²) in [5.41, 5.74) is 2.47. The van der Waals surface area contributed by atoms with Crippen LogP contribution < -0.4 is 10.6 Å². The van der Waals surface area contributed by atoms with E-state index in [9.17, 15) is 13.2 Å². The SMILES string of the molecule is Cc1cccc(-c2cc(NC3CCC(NC[C@@H](O)C(F)(F)F)CC3)ncc2Cl)n1. The first-order valence-corrected chi connectivity index (χ1v) is 9.94. The second-order valence-electron chi connectivity index (χ2n) is 7.37. The minimum absolute atomic E-state index is 0.0321. The van der Waals surface area contributed by atoms with E-state index in [1.165, 1.54) is 0 Å². The van der Waals surface area contributed by atoms with Gasteiger partial charge in [0.25, 0.3) is 0 Å². The van der Waals surface area contributed by atoms with Crippen LogP contribution in [0.3, 0.4) is 0 Å². The fourth-order valence-corrected chi connectivity index (χ4v) is 3.65. The molecule has 0 aliphatic heterocycles. The first-order valence-electron chi connectivity index (χ1n) is 9.56. The molecule has 1 fully saturated rings. The number of pyridine rings is 2. The molecule has 1 aliphatic rings. The Kier molecular flexibility index (Phi) is 6.97. The van der Waals surface area contributed by atoms with Gasteiger partial charge in [0.1, 0.15) is 5.82 Å². The zero-order valence-corrected chi connectivity index (χ0v) is 16.8. The van der Waals surface area contributed by atoms with Gasteiger partial charge in [0.15, 0.2) is 6.10 Å². The van der Waals surface area contributed by atoms with E-state index in [1.54, 1.807) is 6.20 Å². The Balaban J connectivity index is 1.55. The number of alkyl halides is 3. The monoisotopic (exact) mass is 428 g/mol. The van der Waals surface area contributed by atoms with Gasteiger partial charge in [0.2, 0.25) is 0 Å². The van der Waals surface area contributed by atoms with Gasteiger partial charge in [-0.25, -0.2) is 4.98 Å². The van der Waals surface area contributed by atoms with Gasteiger partial charge in [-0.1, -0.05) is 17.7 Å². The molecule has 2 heterocycles. The summed E-state index contributed by atoms with van der Waals surface area (Å²) in [6.45, 7) is 1.44. The number of hydrogen-bond donors (Lipinski definition) is 3. The van der Waals surface area contributed by atoms with Crippen LogP contribution in [0, 0.1) is 6.92 Å². The fourth-order valence-electron chi connectivity index (χ4n) is 3.45. The van der Waals surface area contributed by atoms with Crippen molar-refractivity contribution in [1.29, 1.82) is 0 Å². The Bertz CT molecular complexity index is 826. The van der Waals surface area contributed by atoms with Crippen LogP contribution in [0.1, 0.15) is 31.4 Å². The lowest BCUT2D eigenvalue weighted by molar-refractivity contribution is -0.202. The summed E-state index contributed by atoms with van der Waals surface area (Å²) in [6.07, 6.45) is -2.29. The smallest absolute Gasteiger partial charge is 0.382 e. The molecule has 29 heavy (non-hydrogen) atoms. The van der Waals surface area contributed by atoms with Gasteiger partial charge in [-0.15, -0.1) is 0 Å². The van der Waals surface area contributed by atoms with Crippen molar-refractivity contribution < 1.29 is 18.3 Å². The maximum absolute atomic E-state index is 12.4. The topological polar surface area (TPSA) is 70.1 Å². The number of aryl methyl sites for hydroxylation is 1. The molecule has 0 radical (unpaired) electrons. The zero-order valence-electron chi connectivity index (χ0n) is 16.0. The molecule has 0 bridgehead atoms. The predicted molar refractivity (Wildman–Crippen MR) is 107 cm³/mol. The maximum atomic E-state index is 12.4. The van der Waals surface area contributed by atoms with Crippen molar-refractivity contribution in [3.63, 3.8) is 0 Å². The number of nitrogens with zero attached hydrogens (tertiary/aromatic N) is 2. The van der Waals surface area contributed by atoms with Gasteiger partial charge in [0, 0.05) is 36.1 Å². The normalized spacial score (nSPS) is 21.0. The average Bonchev–Trinajstić information content (AvgIpc) is 2.68. The van der Waals surface area contributed by atoms with E-state index in [2.05, 4.69) is 20.6 Å². The second kappa shape index (κ2) is 9.28. The number of anilines is 1. The van der Waals surface area contributed by atoms with Crippen molar-refractivity contribution in [2.75, 3.05) is 11.9 Å². The Morgan fingerprint density at radius 3 is 2.55 bits per heavy atom. The highest BCUT2D eigenvalue weighted by Crippen LogP contribution is 2.29. The van der Waals surface area contributed by atoms with Crippen LogP contribution in [0.4, 0.5) is 19.0 Å². The third-order valence-electron chi connectivity index (χ3n) is 5.08. The van der Waals surface area contributed by atoms with E-state index in [-0.39, 0.29) is 12.1 Å². The third kappa shape index (κ3) is 6.04. The number of aliphatic hydroxyl groups is 1. The van der Waals surface area contributed by atoms with Gasteiger partial charge >= 0.3 is 6.18 Å². The van der Waals surface area contributed by atoms with E-state index < -0.39 is 18.8 Å². The van der Waals surface area contributed by atoms with Gasteiger partial charge in [-0.3, -0.25) is 4.98 Å². The maximum Gasteiger partial charge on any atom is 0.415 e. The highest BCUT2D eigenvalue weighted by Gasteiger charge is 2.38. The summed E-state index contributed by atoms with van der Waals surface area (Å²) in [5, 5.41) is 15.8. The summed E-state index contributed by atoms with van der Waals surface area (Å²) < 4.78 is 37.2. The molecule has 2 aromatic heterocycles. The van der Waals surface area contributed by atoms with Crippen molar-refractivity contribution >= 4 is 17.4 Å². The lowest BCUT2D eigenvalue weighted by Gasteiger charge is -2.31. The molecule has 1 aliphatic carbocycles. The molecule has 0 saturated heterocycles. The third-order valence-corrected chi connectivity index (χ3v) is 5.38. The molecule has 3 rings (SSSR count). The van der Waals surface area contributed by atoms with E-state index in [1.807, 2.05) is 31.2 Å². The first-order chi connectivity index (χ1) is 13.7. The van der Waals surface area contributed by atoms with Crippen LogP contribution in [0.5, 0.6) is 0 Å². The quantitative estimate of drug-likeness (QED) is 0.638. The molecular weight excluding hydrogens is 405 g/mol. The van der Waals surface area contributed by atoms with E-state index in [0.717, 1.165) is 42.6 Å². The summed E-state index contributed by atoms with van der Waals surface area (Å²) in [4.78, 5) is 8.85. The standard InChI is InChI=1S/C20H24ClF3N4O/c1-12-3-2-4-17(27-12)15-9-19(26-10-16(15)21)28-14-7-5-13(6-8-14)25-11-18(29)20(22,23)24/h2-4,9-10,13-14,18,25,29H,5-8,11H2,1H3,(H,26,28)/t13?,14?,18-/m1/s1. The van der Waals surface area contributed by atoms with Crippen LogP contribution in [0.2, 0.25) is 5.02 Å². The minimum atomic E-state index is -4.59. The summed E-state index contributed by atoms with van der Waals surface area (Å²) in [5.74, 6) is 0.691. The van der Waals surface area contributed by atoms with Crippen LogP contribution in [-0.2, 0) is 0 Å². The molecule has 2 aromatic rings. The number of hydrogen-bond acceptors (Lipinski definition) is 5. The highest BCUT2D eigenvalue weighted by molar-refractivity contribution is 6.33. The Morgan fingerprint density at radius 1 is 1.21 bits per heavy atom. The second-order valence-corrected chi connectivity index (χ2v) is 7.78. The zero-order chi connectivity index (χ0) is 21.0. The number of rotatable bonds is 6. The summed E-state index contributed by atoms with van der Waals surface area (Å²) >= 11 is 6.30. The number of aliphatic hydroxyl groups excluding tert-OH is 1. The van der Waals surface area contributed by atoms with Crippen molar-refractivity contribution in [1.82, 2.24) is 15.3 Å². The van der Waals surface area contributed by atoms with Crippen LogP contribution in [0.15, 0.2) is 30.5 Å². The highest BCUT2D eigenvalue weighted by atomic mass is 35.5. The molecule has 3 N–H and O–H groups in total. The molecule has 0 aromatic carbocycles. The van der Waals surface area contributed by atoms with Crippen molar-refractivity contribution in [3.05, 3.63) is 41.2 Å². The minimum Gasteiger partial charge on any atom is -0.382 e. The lowest BCUT2D eigenvalue weighted by atomic mass is 9.91. The Labute approximate surface area is 172 Å². The van der Waals surface area contributed by atoms with E-state index in [0.29, 0.717) is 10.8 Å². The molecule has 9 heteroatoms. The fraction of sp³-hybridized carbons (Fsp3) is 0.500. The predicted octanol–water partition coefficient (Wildman–Crippen LogP) is 4.34. The molecule has 1 saturated carbocycles. The number of aromatic nitrogens is 2. The molecule has 5 nitrogen and oxygen atoms in total. The lowest BCUT2D eigenvalue weighted by Crippen LogP contribution is -2.44. The largest absolute Gasteiger partial charge is 0.415 e. The average molecular weight is 429 g/mol. The van der Waals surface area contributed by atoms with Crippen LogP contribution in [0.25, 0.3) is 11.3 Å². The van der Waals surface area contributed by atoms with Gasteiger partial charge < -0.3 is 15.7 Å². The summed E-state index contributed by atoms with van der Waals surface area (Å²) in [6, 6.07) is 7.74. The van der Waals surface area contributed by atoms with Crippen LogP contribution >= 0.6 is 11.6 Å². The van der Waals surface area contributed by atoms with Crippen molar-refractivity contribution in [2.45, 2.75) is 57.0 Å². The van der Waals surface area contributed by atoms with Gasteiger partial charge in [-0.05, 0) is 50.8 Å². The molecule has 1 atom stereocenters. The van der Waals surface area contributed by atoms with Crippen molar-refractivity contribution in [3.8, 4) is 11.3 Å². The summed E-state index contributed by atoms with van der Waals surface area (Å²) in [7, 11) is 0. The van der Waals surface area contributed by atoms with E-state index in [4.69, 9.17) is 16.7 Å².